The molecule has 5 heteroatoms. The van der Waals surface area contributed by atoms with E-state index in [4.69, 9.17) is 5.73 Å². The third-order valence-corrected chi connectivity index (χ3v) is 4.36. The van der Waals surface area contributed by atoms with E-state index in [1.807, 2.05) is 6.08 Å². The Morgan fingerprint density at radius 3 is 2.62 bits per heavy atom. The summed E-state index contributed by atoms with van der Waals surface area (Å²) in [4.78, 5) is 14.4. The molecule has 0 spiro atoms. The number of allylic oxidation sites excluding steroid dienone is 5. The number of hydrogen-bond donors (Lipinski definition) is 2. The molecule has 0 radical (unpaired) electrons. The summed E-state index contributed by atoms with van der Waals surface area (Å²) in [5, 5.41) is 0. The van der Waals surface area contributed by atoms with Crippen LogP contribution >= 0.6 is 9.24 Å². The Morgan fingerprint density at radius 2 is 2.19 bits per heavy atom. The van der Waals surface area contributed by atoms with E-state index in [0.29, 0.717) is 12.2 Å². The number of nitrogens with one attached hydrogen (secondary N) is 1. The Labute approximate surface area is 129 Å². The molecule has 0 saturated carbocycles. The molecule has 4 nitrogen and oxygen atoms in total. The highest BCUT2D eigenvalue weighted by Crippen LogP contribution is 2.22. The molecule has 0 aromatic carbocycles. The lowest BCUT2D eigenvalue weighted by atomic mass is 9.94. The monoisotopic (exact) mass is 307 g/mol. The summed E-state index contributed by atoms with van der Waals surface area (Å²) < 4.78 is 1.44. The average molecular weight is 307 g/mol. The van der Waals surface area contributed by atoms with Gasteiger partial charge in [-0.15, -0.1) is 9.24 Å². The number of aromatic amines is 1. The van der Waals surface area contributed by atoms with Gasteiger partial charge in [0, 0.05) is 7.05 Å². The minimum absolute atomic E-state index is 0.170. The van der Waals surface area contributed by atoms with Crippen LogP contribution in [0.1, 0.15) is 26.0 Å². The summed E-state index contributed by atoms with van der Waals surface area (Å²) in [6.45, 7) is 8.15. The topological polar surface area (TPSA) is 63.8 Å². The second-order valence-electron chi connectivity index (χ2n) is 5.23. The predicted octanol–water partition coefficient (Wildman–Crippen LogP) is 2.80. The molecule has 1 aromatic heterocycles. The highest BCUT2D eigenvalue weighted by Gasteiger charge is 2.15. The fourth-order valence-electron chi connectivity index (χ4n) is 2.06. The minimum atomic E-state index is -0.170. The van der Waals surface area contributed by atoms with Crippen LogP contribution in [0.25, 0.3) is 0 Å². The summed E-state index contributed by atoms with van der Waals surface area (Å²) >= 11 is 0. The van der Waals surface area contributed by atoms with Crippen molar-refractivity contribution >= 4 is 15.1 Å². The molecule has 1 heterocycles. The van der Waals surface area contributed by atoms with Crippen molar-refractivity contribution in [1.29, 1.82) is 0 Å². The zero-order valence-corrected chi connectivity index (χ0v) is 14.3. The van der Waals surface area contributed by atoms with Gasteiger partial charge < -0.3 is 10.7 Å². The van der Waals surface area contributed by atoms with Crippen LogP contribution in [0.15, 0.2) is 40.7 Å². The lowest BCUT2D eigenvalue weighted by Gasteiger charge is -2.15. The van der Waals surface area contributed by atoms with Crippen molar-refractivity contribution in [2.75, 3.05) is 11.9 Å². The fourth-order valence-corrected chi connectivity index (χ4v) is 2.49. The molecule has 2 unspecified atom stereocenters. The largest absolute Gasteiger partial charge is 0.384 e. The van der Waals surface area contributed by atoms with Gasteiger partial charge in [-0.05, 0) is 37.4 Å². The molecular formula is C16H26N3OP. The summed E-state index contributed by atoms with van der Waals surface area (Å²) in [6.07, 6.45) is 8.73. The SMILES string of the molecule is C=C/C(=C\C=C(/C)CC)C(CP)Cc1[nH]c(=O)n(C)c1N. The number of hydrogen-bond acceptors (Lipinski definition) is 2. The van der Waals surface area contributed by atoms with Crippen molar-refractivity contribution < 1.29 is 0 Å². The number of nitrogen functional groups attached to an aromatic ring is 1. The van der Waals surface area contributed by atoms with E-state index < -0.39 is 0 Å². The van der Waals surface area contributed by atoms with Gasteiger partial charge in [0.25, 0.3) is 0 Å². The zero-order chi connectivity index (χ0) is 16.0. The Hall–Kier alpha value is -1.54. The third kappa shape index (κ3) is 4.47. The highest BCUT2D eigenvalue weighted by molar-refractivity contribution is 7.16. The second kappa shape index (κ2) is 8.04. The van der Waals surface area contributed by atoms with Crippen molar-refractivity contribution in [3.05, 3.63) is 52.1 Å². The molecule has 0 bridgehead atoms. The van der Waals surface area contributed by atoms with E-state index in [9.17, 15) is 4.79 Å². The van der Waals surface area contributed by atoms with Gasteiger partial charge in [-0.3, -0.25) is 4.57 Å². The maximum absolute atomic E-state index is 11.6. The van der Waals surface area contributed by atoms with E-state index in [2.05, 4.69) is 46.8 Å². The maximum Gasteiger partial charge on any atom is 0.327 e. The van der Waals surface area contributed by atoms with Gasteiger partial charge in [-0.2, -0.15) is 0 Å². The van der Waals surface area contributed by atoms with Crippen LogP contribution in [0.2, 0.25) is 0 Å². The van der Waals surface area contributed by atoms with Gasteiger partial charge in [0.1, 0.15) is 5.82 Å². The van der Waals surface area contributed by atoms with Gasteiger partial charge in [0.05, 0.1) is 5.69 Å². The summed E-state index contributed by atoms with van der Waals surface area (Å²) in [6, 6.07) is 0. The van der Waals surface area contributed by atoms with Gasteiger partial charge in [0.15, 0.2) is 0 Å². The lowest BCUT2D eigenvalue weighted by Crippen LogP contribution is -2.13. The van der Waals surface area contributed by atoms with E-state index >= 15 is 0 Å². The van der Waals surface area contributed by atoms with Gasteiger partial charge in [0.2, 0.25) is 0 Å². The number of rotatable bonds is 7. The summed E-state index contributed by atoms with van der Waals surface area (Å²) in [7, 11) is 4.43. The lowest BCUT2D eigenvalue weighted by molar-refractivity contribution is 0.694. The minimum Gasteiger partial charge on any atom is -0.384 e. The number of aromatic nitrogens is 2. The first kappa shape index (κ1) is 17.5. The molecular weight excluding hydrogens is 281 g/mol. The molecule has 0 aliphatic carbocycles. The Kier molecular flexibility index (Phi) is 6.70. The zero-order valence-electron chi connectivity index (χ0n) is 13.1. The standard InChI is InChI=1S/C16H26N3OP/c1-5-11(3)7-8-12(6-2)13(10-21)9-14-15(17)19(4)16(20)18-14/h6-8,13H,2,5,9-10,17,21H2,1,3-4H3,(H,18,20)/b11-7+,12-8+. The first-order valence-electron chi connectivity index (χ1n) is 7.17. The molecule has 0 aliphatic heterocycles. The van der Waals surface area contributed by atoms with Crippen LogP contribution in [-0.2, 0) is 13.5 Å². The van der Waals surface area contributed by atoms with E-state index in [1.54, 1.807) is 7.05 Å². The van der Waals surface area contributed by atoms with Crippen molar-refractivity contribution in [3.63, 3.8) is 0 Å². The van der Waals surface area contributed by atoms with Crippen LogP contribution < -0.4 is 11.4 Å². The van der Waals surface area contributed by atoms with Crippen LogP contribution in [0.4, 0.5) is 5.82 Å². The predicted molar refractivity (Wildman–Crippen MR) is 94.5 cm³/mol. The van der Waals surface area contributed by atoms with Crippen molar-refractivity contribution in [3.8, 4) is 0 Å². The van der Waals surface area contributed by atoms with Gasteiger partial charge >= 0.3 is 5.69 Å². The molecule has 0 amide bonds. The second-order valence-corrected chi connectivity index (χ2v) is 5.70. The van der Waals surface area contributed by atoms with Crippen LogP contribution in [0.3, 0.4) is 0 Å². The number of nitrogens with zero attached hydrogens (tertiary/aromatic N) is 1. The van der Waals surface area contributed by atoms with Crippen molar-refractivity contribution in [2.45, 2.75) is 26.7 Å². The van der Waals surface area contributed by atoms with Crippen LogP contribution in [0, 0.1) is 5.92 Å². The third-order valence-electron chi connectivity index (χ3n) is 3.79. The van der Waals surface area contributed by atoms with Gasteiger partial charge in [-0.25, -0.2) is 4.79 Å². The molecule has 0 saturated heterocycles. The Balaban J connectivity index is 3.03. The quantitative estimate of drug-likeness (QED) is 0.601. The molecule has 1 rings (SSSR count). The molecule has 3 N–H and O–H groups in total. The fraction of sp³-hybridized carbons (Fsp3) is 0.438. The van der Waals surface area contributed by atoms with E-state index in [0.717, 1.165) is 23.8 Å². The number of nitrogens with two attached hydrogens (primary N) is 1. The number of H-pyrrole nitrogens is 1. The summed E-state index contributed by atoms with van der Waals surface area (Å²) in [5.41, 5.74) is 9.06. The van der Waals surface area contributed by atoms with Crippen LogP contribution in [0.5, 0.6) is 0 Å². The normalized spacial score (nSPS) is 14.3. The maximum atomic E-state index is 11.6. The molecule has 0 aliphatic rings. The molecule has 1 aromatic rings. The van der Waals surface area contributed by atoms with Crippen LogP contribution in [-0.4, -0.2) is 15.7 Å². The molecule has 0 fully saturated rings. The number of imidazole rings is 1. The van der Waals surface area contributed by atoms with E-state index in [-0.39, 0.29) is 11.6 Å². The average Bonchev–Trinajstić information content (AvgIpc) is 2.73. The molecule has 21 heavy (non-hydrogen) atoms. The smallest absolute Gasteiger partial charge is 0.327 e. The van der Waals surface area contributed by atoms with Crippen molar-refractivity contribution in [2.24, 2.45) is 13.0 Å². The van der Waals surface area contributed by atoms with Gasteiger partial charge in [-0.1, -0.05) is 37.3 Å². The first-order valence-corrected chi connectivity index (χ1v) is 7.99. The number of anilines is 1. The van der Waals surface area contributed by atoms with Crippen molar-refractivity contribution in [1.82, 2.24) is 9.55 Å². The summed E-state index contributed by atoms with van der Waals surface area (Å²) in [5.74, 6) is 0.765. The molecule has 116 valence electrons. The highest BCUT2D eigenvalue weighted by atomic mass is 31.0. The first-order chi connectivity index (χ1) is 9.94. The van der Waals surface area contributed by atoms with E-state index in [1.165, 1.54) is 10.1 Å². The molecule has 2 atom stereocenters. The Morgan fingerprint density at radius 1 is 1.52 bits per heavy atom. The Bertz CT molecular complexity index is 608.